The highest BCUT2D eigenvalue weighted by atomic mass is 35.5. The SMILES string of the molecule is O[C@H](COCc1ccc(Cl)cc1)C[NH+]1CCN(c2ccccc2F)CC1. The van der Waals surface area contributed by atoms with Crippen LogP contribution < -0.4 is 9.80 Å². The van der Waals surface area contributed by atoms with Crippen molar-refractivity contribution in [3.8, 4) is 0 Å². The number of nitrogens with one attached hydrogen (secondary N) is 1. The van der Waals surface area contributed by atoms with Gasteiger partial charge in [-0.05, 0) is 29.8 Å². The van der Waals surface area contributed by atoms with E-state index in [2.05, 4.69) is 4.90 Å². The van der Waals surface area contributed by atoms with Gasteiger partial charge in [0, 0.05) is 5.02 Å². The van der Waals surface area contributed by atoms with Gasteiger partial charge in [0.25, 0.3) is 0 Å². The number of halogens is 2. The molecule has 0 saturated carbocycles. The van der Waals surface area contributed by atoms with Crippen molar-refractivity contribution in [1.82, 2.24) is 0 Å². The second-order valence-electron chi connectivity index (χ2n) is 6.69. The number of aliphatic hydroxyl groups is 1. The van der Waals surface area contributed by atoms with Gasteiger partial charge in [0.1, 0.15) is 18.5 Å². The van der Waals surface area contributed by atoms with Crippen LogP contribution in [0.3, 0.4) is 0 Å². The Morgan fingerprint density at radius 2 is 1.81 bits per heavy atom. The second kappa shape index (κ2) is 9.33. The van der Waals surface area contributed by atoms with E-state index in [1.165, 1.54) is 11.0 Å². The number of quaternary nitrogens is 1. The Morgan fingerprint density at radius 1 is 1.12 bits per heavy atom. The van der Waals surface area contributed by atoms with E-state index in [4.69, 9.17) is 16.3 Å². The number of ether oxygens (including phenoxy) is 1. The quantitative estimate of drug-likeness (QED) is 0.769. The summed E-state index contributed by atoms with van der Waals surface area (Å²) in [5, 5.41) is 10.9. The molecule has 140 valence electrons. The molecule has 0 bridgehead atoms. The van der Waals surface area contributed by atoms with Gasteiger partial charge in [-0.2, -0.15) is 0 Å². The van der Waals surface area contributed by atoms with E-state index in [1.807, 2.05) is 36.4 Å². The Balaban J connectivity index is 1.37. The molecule has 1 heterocycles. The standard InChI is InChI=1S/C20H24ClFN2O2/c21-17-7-5-16(6-8-17)14-26-15-18(25)13-23-9-11-24(12-10-23)20-4-2-1-3-19(20)22/h1-8,18,25H,9-15H2/p+1/t18-/m0/s1. The molecule has 4 nitrogen and oxygen atoms in total. The van der Waals surface area contributed by atoms with Gasteiger partial charge in [-0.25, -0.2) is 4.39 Å². The average molecular weight is 380 g/mol. The Morgan fingerprint density at radius 3 is 2.50 bits per heavy atom. The summed E-state index contributed by atoms with van der Waals surface area (Å²) in [4.78, 5) is 3.39. The van der Waals surface area contributed by atoms with Crippen LogP contribution in [0.2, 0.25) is 5.02 Å². The Kier molecular flexibility index (Phi) is 6.86. The van der Waals surface area contributed by atoms with E-state index >= 15 is 0 Å². The number of anilines is 1. The summed E-state index contributed by atoms with van der Waals surface area (Å²) in [6, 6.07) is 14.4. The monoisotopic (exact) mass is 379 g/mol. The highest BCUT2D eigenvalue weighted by molar-refractivity contribution is 6.30. The Labute approximate surface area is 158 Å². The van der Waals surface area contributed by atoms with Crippen LogP contribution in [0.1, 0.15) is 5.56 Å². The minimum Gasteiger partial charge on any atom is -0.385 e. The van der Waals surface area contributed by atoms with Gasteiger partial charge in [-0.15, -0.1) is 0 Å². The van der Waals surface area contributed by atoms with Crippen LogP contribution in [-0.4, -0.2) is 50.5 Å². The minimum absolute atomic E-state index is 0.174. The molecule has 0 amide bonds. The zero-order chi connectivity index (χ0) is 18.4. The molecule has 0 unspecified atom stereocenters. The summed E-state index contributed by atoms with van der Waals surface area (Å²) in [7, 11) is 0. The first-order valence-electron chi connectivity index (χ1n) is 8.95. The van der Waals surface area contributed by atoms with Crippen LogP contribution in [0.5, 0.6) is 0 Å². The molecular formula is C20H25ClFN2O2+. The fourth-order valence-corrected chi connectivity index (χ4v) is 3.39. The number of hydrogen-bond donors (Lipinski definition) is 2. The highest BCUT2D eigenvalue weighted by Gasteiger charge is 2.23. The number of aliphatic hydroxyl groups excluding tert-OH is 1. The lowest BCUT2D eigenvalue weighted by Crippen LogP contribution is -3.16. The van der Waals surface area contributed by atoms with Crippen molar-refractivity contribution in [2.45, 2.75) is 12.7 Å². The lowest BCUT2D eigenvalue weighted by molar-refractivity contribution is -0.903. The van der Waals surface area contributed by atoms with Crippen LogP contribution in [0, 0.1) is 5.82 Å². The van der Waals surface area contributed by atoms with Crippen LogP contribution >= 0.6 is 11.6 Å². The first-order chi connectivity index (χ1) is 12.6. The number of nitrogens with zero attached hydrogens (tertiary/aromatic N) is 1. The normalized spacial score (nSPS) is 16.7. The minimum atomic E-state index is -0.502. The first kappa shape index (κ1) is 19.1. The maximum atomic E-state index is 13.9. The lowest BCUT2D eigenvalue weighted by Gasteiger charge is -2.34. The smallest absolute Gasteiger partial charge is 0.146 e. The van der Waals surface area contributed by atoms with Crippen LogP contribution in [0.25, 0.3) is 0 Å². The summed E-state index contributed by atoms with van der Waals surface area (Å²) in [6.07, 6.45) is -0.502. The van der Waals surface area contributed by atoms with Gasteiger partial charge in [0.05, 0.1) is 45.1 Å². The van der Waals surface area contributed by atoms with Gasteiger partial charge in [0.15, 0.2) is 0 Å². The largest absolute Gasteiger partial charge is 0.385 e. The van der Waals surface area contributed by atoms with Crippen molar-refractivity contribution < 1.29 is 19.1 Å². The fourth-order valence-electron chi connectivity index (χ4n) is 3.26. The molecule has 1 saturated heterocycles. The molecule has 6 heteroatoms. The topological polar surface area (TPSA) is 37.1 Å². The van der Waals surface area contributed by atoms with Crippen LogP contribution in [-0.2, 0) is 11.3 Å². The third kappa shape index (κ3) is 5.42. The third-order valence-corrected chi connectivity index (χ3v) is 4.93. The third-order valence-electron chi connectivity index (χ3n) is 4.68. The molecule has 1 aliphatic rings. The molecule has 0 spiro atoms. The highest BCUT2D eigenvalue weighted by Crippen LogP contribution is 2.18. The van der Waals surface area contributed by atoms with Crippen molar-refractivity contribution in [3.63, 3.8) is 0 Å². The van der Waals surface area contributed by atoms with Gasteiger partial charge >= 0.3 is 0 Å². The van der Waals surface area contributed by atoms with E-state index in [0.29, 0.717) is 30.5 Å². The number of para-hydroxylation sites is 1. The average Bonchev–Trinajstić information content (AvgIpc) is 2.65. The summed E-state index contributed by atoms with van der Waals surface area (Å²) in [6.45, 7) is 4.74. The van der Waals surface area contributed by atoms with Gasteiger partial charge < -0.3 is 19.6 Å². The van der Waals surface area contributed by atoms with Crippen molar-refractivity contribution in [2.24, 2.45) is 0 Å². The number of hydrogen-bond acceptors (Lipinski definition) is 3. The zero-order valence-electron chi connectivity index (χ0n) is 14.7. The predicted molar refractivity (Wildman–Crippen MR) is 101 cm³/mol. The van der Waals surface area contributed by atoms with Gasteiger partial charge in [-0.1, -0.05) is 35.9 Å². The number of piperazine rings is 1. The Bertz CT molecular complexity index is 690. The molecule has 0 radical (unpaired) electrons. The summed E-state index contributed by atoms with van der Waals surface area (Å²) < 4.78 is 19.5. The van der Waals surface area contributed by atoms with E-state index in [-0.39, 0.29) is 5.82 Å². The second-order valence-corrected chi connectivity index (χ2v) is 7.12. The maximum Gasteiger partial charge on any atom is 0.146 e. The van der Waals surface area contributed by atoms with Crippen molar-refractivity contribution >= 4 is 17.3 Å². The van der Waals surface area contributed by atoms with Crippen molar-refractivity contribution in [1.29, 1.82) is 0 Å². The molecule has 3 rings (SSSR count). The van der Waals surface area contributed by atoms with Crippen LogP contribution in [0.15, 0.2) is 48.5 Å². The molecule has 0 aliphatic carbocycles. The molecule has 1 aliphatic heterocycles. The van der Waals surface area contributed by atoms with E-state index < -0.39 is 6.10 Å². The van der Waals surface area contributed by atoms with E-state index in [0.717, 1.165) is 31.7 Å². The number of benzene rings is 2. The van der Waals surface area contributed by atoms with Gasteiger partial charge in [-0.3, -0.25) is 0 Å². The van der Waals surface area contributed by atoms with E-state index in [9.17, 15) is 9.50 Å². The summed E-state index contributed by atoms with van der Waals surface area (Å²) in [5.41, 5.74) is 1.70. The molecular weight excluding hydrogens is 355 g/mol. The molecule has 2 N–H and O–H groups in total. The van der Waals surface area contributed by atoms with Crippen molar-refractivity contribution in [3.05, 3.63) is 64.9 Å². The molecule has 26 heavy (non-hydrogen) atoms. The lowest BCUT2D eigenvalue weighted by atomic mass is 10.2. The molecule has 1 atom stereocenters. The van der Waals surface area contributed by atoms with Crippen molar-refractivity contribution in [2.75, 3.05) is 44.2 Å². The fraction of sp³-hybridized carbons (Fsp3) is 0.400. The first-order valence-corrected chi connectivity index (χ1v) is 9.33. The van der Waals surface area contributed by atoms with Gasteiger partial charge in [0.2, 0.25) is 0 Å². The predicted octanol–water partition coefficient (Wildman–Crippen LogP) is 1.76. The molecule has 0 aromatic heterocycles. The summed E-state index contributed by atoms with van der Waals surface area (Å²) in [5.74, 6) is -0.174. The molecule has 2 aromatic rings. The number of rotatable bonds is 7. The van der Waals surface area contributed by atoms with Crippen LogP contribution in [0.4, 0.5) is 10.1 Å². The Hall–Kier alpha value is -1.66. The zero-order valence-corrected chi connectivity index (χ0v) is 15.5. The summed E-state index contributed by atoms with van der Waals surface area (Å²) >= 11 is 5.85. The maximum absolute atomic E-state index is 13.9. The van der Waals surface area contributed by atoms with E-state index in [1.54, 1.807) is 6.07 Å². The molecule has 2 aromatic carbocycles. The molecule has 1 fully saturated rings.